The molecule has 8 heteroatoms. The molecule has 2 aromatic rings. The van der Waals surface area contributed by atoms with Crippen molar-refractivity contribution in [3.05, 3.63) is 42.2 Å². The van der Waals surface area contributed by atoms with Gasteiger partial charge in [-0.1, -0.05) is 55.5 Å². The van der Waals surface area contributed by atoms with E-state index in [1.807, 2.05) is 41.2 Å². The van der Waals surface area contributed by atoms with Crippen LogP contribution in [0.25, 0.3) is 0 Å². The van der Waals surface area contributed by atoms with Gasteiger partial charge in [0.15, 0.2) is 6.61 Å². The number of fused-ring (bicyclic) bond motifs is 1. The molecule has 3 aliphatic rings. The fourth-order valence-corrected chi connectivity index (χ4v) is 5.00. The van der Waals surface area contributed by atoms with E-state index >= 15 is 0 Å². The number of nitrogens with zero attached hydrogens (tertiary/aromatic N) is 3. The van der Waals surface area contributed by atoms with Crippen molar-refractivity contribution in [3.8, 4) is 5.75 Å². The number of aromatic nitrogens is 3. The van der Waals surface area contributed by atoms with Gasteiger partial charge in [-0.2, -0.15) is 0 Å². The Kier molecular flexibility index (Phi) is 6.18. The third-order valence-electron chi connectivity index (χ3n) is 6.61. The maximum Gasteiger partial charge on any atom is 0.258 e. The largest absolute Gasteiger partial charge is 0.484 e. The normalized spacial score (nSPS) is 28.4. The molecule has 2 aliphatic heterocycles. The van der Waals surface area contributed by atoms with E-state index in [0.29, 0.717) is 19.0 Å². The summed E-state index contributed by atoms with van der Waals surface area (Å²) in [6.07, 6.45) is 9.34. The molecule has 3 fully saturated rings. The van der Waals surface area contributed by atoms with E-state index in [4.69, 9.17) is 14.2 Å². The molecular formula is C23H30N4O4. The van der Waals surface area contributed by atoms with E-state index < -0.39 is 0 Å². The third kappa shape index (κ3) is 4.75. The van der Waals surface area contributed by atoms with Crippen molar-refractivity contribution < 1.29 is 19.0 Å². The van der Waals surface area contributed by atoms with Crippen molar-refractivity contribution in [2.24, 2.45) is 5.92 Å². The second-order valence-corrected chi connectivity index (χ2v) is 8.84. The molecular weight excluding hydrogens is 396 g/mol. The van der Waals surface area contributed by atoms with Gasteiger partial charge in [-0.05, 0) is 24.5 Å². The van der Waals surface area contributed by atoms with E-state index in [0.717, 1.165) is 18.0 Å². The van der Waals surface area contributed by atoms with E-state index in [-0.39, 0.29) is 36.8 Å². The minimum absolute atomic E-state index is 0.0138. The lowest BCUT2D eigenvalue weighted by molar-refractivity contribution is -0.124. The summed E-state index contributed by atoms with van der Waals surface area (Å²) in [5.41, 5.74) is 1.05. The maximum absolute atomic E-state index is 12.3. The number of carbonyl (C=O) groups excluding carboxylic acids is 1. The highest BCUT2D eigenvalue weighted by atomic mass is 16.6. The number of nitrogens with one attached hydrogen (secondary N) is 1. The molecule has 5 rings (SSSR count). The van der Waals surface area contributed by atoms with Crippen LogP contribution in [0.15, 0.2) is 36.5 Å². The van der Waals surface area contributed by atoms with Crippen LogP contribution in [0.1, 0.15) is 43.8 Å². The molecule has 0 radical (unpaired) electrons. The van der Waals surface area contributed by atoms with Crippen LogP contribution >= 0.6 is 0 Å². The summed E-state index contributed by atoms with van der Waals surface area (Å²) >= 11 is 0. The molecule has 31 heavy (non-hydrogen) atoms. The van der Waals surface area contributed by atoms with Gasteiger partial charge in [-0.15, -0.1) is 5.10 Å². The zero-order chi connectivity index (χ0) is 21.0. The van der Waals surface area contributed by atoms with Gasteiger partial charge in [0.2, 0.25) is 0 Å². The molecule has 1 N–H and O–H groups in total. The molecule has 0 bridgehead atoms. The third-order valence-corrected chi connectivity index (χ3v) is 6.61. The van der Waals surface area contributed by atoms with Crippen LogP contribution < -0.4 is 10.1 Å². The number of para-hydroxylation sites is 1. The molecule has 2 saturated heterocycles. The summed E-state index contributed by atoms with van der Waals surface area (Å²) in [5.74, 6) is 1.22. The first-order valence-electron chi connectivity index (χ1n) is 11.4. The first kappa shape index (κ1) is 20.5. The van der Waals surface area contributed by atoms with Gasteiger partial charge < -0.3 is 19.5 Å². The van der Waals surface area contributed by atoms with Gasteiger partial charge >= 0.3 is 0 Å². The summed E-state index contributed by atoms with van der Waals surface area (Å²) in [5, 5.41) is 11.8. The van der Waals surface area contributed by atoms with Crippen LogP contribution in [-0.2, 0) is 20.7 Å². The van der Waals surface area contributed by atoms with Gasteiger partial charge in [0.25, 0.3) is 5.91 Å². The average molecular weight is 427 g/mol. The van der Waals surface area contributed by atoms with E-state index in [1.165, 1.54) is 32.1 Å². The van der Waals surface area contributed by atoms with Crippen LogP contribution in [0.4, 0.5) is 0 Å². The lowest BCUT2D eigenvalue weighted by Gasteiger charge is -2.20. The van der Waals surface area contributed by atoms with Crippen molar-refractivity contribution >= 4 is 5.91 Å². The van der Waals surface area contributed by atoms with Crippen molar-refractivity contribution in [1.29, 1.82) is 0 Å². The van der Waals surface area contributed by atoms with Crippen LogP contribution in [-0.4, -0.2) is 59.0 Å². The van der Waals surface area contributed by atoms with E-state index in [2.05, 4.69) is 15.6 Å². The molecule has 1 aromatic carbocycles. The van der Waals surface area contributed by atoms with Gasteiger partial charge in [0.05, 0.1) is 24.9 Å². The van der Waals surface area contributed by atoms with Crippen molar-refractivity contribution in [1.82, 2.24) is 20.3 Å². The number of amides is 1. The Bertz CT molecular complexity index is 867. The summed E-state index contributed by atoms with van der Waals surface area (Å²) in [6, 6.07) is 9.11. The fourth-order valence-electron chi connectivity index (χ4n) is 5.00. The molecule has 1 saturated carbocycles. The summed E-state index contributed by atoms with van der Waals surface area (Å²) in [4.78, 5) is 12.3. The summed E-state index contributed by atoms with van der Waals surface area (Å²) in [6.45, 7) is 0.899. The standard InChI is InChI=1S/C23H30N4O4/c28-21(15-29-18-9-5-2-6-10-18)24-19-13-30-23-20(14-31-22(19)23)27-12-17(25-26-27)11-16-7-3-1-4-8-16/h2,5-6,9-10,12,16,19-20,22-23H,1,3-4,7-8,11,13-15H2,(H,24,28)/t19-,20+,22-,23+/m1/s1. The molecule has 166 valence electrons. The van der Waals surface area contributed by atoms with Gasteiger partial charge in [0, 0.05) is 6.20 Å². The van der Waals surface area contributed by atoms with Gasteiger partial charge in [-0.25, -0.2) is 4.68 Å². The number of hydrogen-bond donors (Lipinski definition) is 1. The Morgan fingerprint density at radius 1 is 1.10 bits per heavy atom. The zero-order valence-electron chi connectivity index (χ0n) is 17.7. The molecule has 4 atom stereocenters. The highest BCUT2D eigenvalue weighted by Gasteiger charge is 2.49. The SMILES string of the molecule is O=C(COc1ccccc1)N[C@@H]1CO[C@@H]2[C@@H]1OC[C@@H]2n1cc(CC2CCCCC2)nn1. The number of benzene rings is 1. The summed E-state index contributed by atoms with van der Waals surface area (Å²) < 4.78 is 19.4. The molecule has 8 nitrogen and oxygen atoms in total. The van der Waals surface area contributed by atoms with Crippen LogP contribution in [0, 0.1) is 5.92 Å². The maximum atomic E-state index is 12.3. The summed E-state index contributed by atoms with van der Waals surface area (Å²) in [7, 11) is 0. The topological polar surface area (TPSA) is 87.5 Å². The Morgan fingerprint density at radius 3 is 2.74 bits per heavy atom. The average Bonchev–Trinajstić information content (AvgIpc) is 3.52. The predicted octanol–water partition coefficient (Wildman–Crippen LogP) is 2.30. The molecule has 3 heterocycles. The molecule has 0 unspecified atom stereocenters. The van der Waals surface area contributed by atoms with E-state index in [1.54, 1.807) is 0 Å². The second kappa shape index (κ2) is 9.36. The molecule has 1 aliphatic carbocycles. The lowest BCUT2D eigenvalue weighted by Crippen LogP contribution is -2.45. The Hall–Kier alpha value is -2.45. The molecule has 1 amide bonds. The minimum atomic E-state index is -0.188. The number of ether oxygens (including phenoxy) is 3. The molecule has 0 spiro atoms. The van der Waals surface area contributed by atoms with Crippen molar-refractivity contribution in [2.75, 3.05) is 19.8 Å². The quantitative estimate of drug-likeness (QED) is 0.731. The van der Waals surface area contributed by atoms with Crippen LogP contribution in [0.5, 0.6) is 5.75 Å². The Morgan fingerprint density at radius 2 is 1.90 bits per heavy atom. The number of rotatable bonds is 7. The highest BCUT2D eigenvalue weighted by molar-refractivity contribution is 5.78. The van der Waals surface area contributed by atoms with Crippen molar-refractivity contribution in [3.63, 3.8) is 0 Å². The molecule has 1 aromatic heterocycles. The van der Waals surface area contributed by atoms with E-state index in [9.17, 15) is 4.79 Å². The first-order chi connectivity index (χ1) is 15.3. The number of hydrogen-bond acceptors (Lipinski definition) is 6. The van der Waals surface area contributed by atoms with Crippen LogP contribution in [0.2, 0.25) is 0 Å². The Balaban J connectivity index is 1.13. The second-order valence-electron chi connectivity index (χ2n) is 8.84. The Labute approximate surface area is 182 Å². The smallest absolute Gasteiger partial charge is 0.258 e. The lowest BCUT2D eigenvalue weighted by atomic mass is 9.86. The highest BCUT2D eigenvalue weighted by Crippen LogP contribution is 2.34. The minimum Gasteiger partial charge on any atom is -0.484 e. The number of carbonyl (C=O) groups is 1. The van der Waals surface area contributed by atoms with Gasteiger partial charge in [0.1, 0.15) is 24.0 Å². The zero-order valence-corrected chi connectivity index (χ0v) is 17.7. The van der Waals surface area contributed by atoms with Crippen LogP contribution in [0.3, 0.4) is 0 Å². The monoisotopic (exact) mass is 426 g/mol. The fraction of sp³-hybridized carbons (Fsp3) is 0.609. The van der Waals surface area contributed by atoms with Gasteiger partial charge in [-0.3, -0.25) is 4.79 Å². The predicted molar refractivity (Wildman–Crippen MR) is 113 cm³/mol. The van der Waals surface area contributed by atoms with Crippen molar-refractivity contribution in [2.45, 2.75) is 62.8 Å². The first-order valence-corrected chi connectivity index (χ1v) is 11.4.